The number of ether oxygens (including phenoxy) is 1. The van der Waals surface area contributed by atoms with E-state index in [1.165, 1.54) is 19.3 Å². The molecule has 0 unspecified atom stereocenters. The van der Waals surface area contributed by atoms with Crippen molar-refractivity contribution in [2.24, 2.45) is 11.7 Å². The Labute approximate surface area is 95.4 Å². The Bertz CT molecular complexity index is 349. The fourth-order valence-corrected chi connectivity index (χ4v) is 2.15. The predicted octanol–water partition coefficient (Wildman–Crippen LogP) is 3.15. The van der Waals surface area contributed by atoms with Gasteiger partial charge in [0.1, 0.15) is 5.75 Å². The molecule has 0 spiro atoms. The molecule has 2 rings (SSSR count). The molecule has 1 aromatic rings. The normalized spacial score (nSPS) is 18.3. The lowest BCUT2D eigenvalue weighted by Gasteiger charge is -2.31. The molecular weight excluding hydrogens is 210 g/mol. The molecule has 1 aromatic carbocycles. The van der Waals surface area contributed by atoms with Crippen molar-refractivity contribution in [3.8, 4) is 5.75 Å². The molecule has 0 bridgehead atoms. The van der Waals surface area contributed by atoms with E-state index in [2.05, 4.69) is 0 Å². The Morgan fingerprint density at radius 3 is 2.73 bits per heavy atom. The standard InChI is InChI=1S/C12H16ClNO/c1-15-11-7-9(5-6-10(11)13)12(14)8-3-2-4-8/h5-8,12H,2-4,14H2,1H3/t12-/m0/s1. The molecule has 1 aliphatic rings. The van der Waals surface area contributed by atoms with Crippen molar-refractivity contribution < 1.29 is 4.74 Å². The lowest BCUT2D eigenvalue weighted by atomic mass is 9.77. The minimum atomic E-state index is 0.130. The van der Waals surface area contributed by atoms with Crippen LogP contribution in [0.1, 0.15) is 30.9 Å². The summed E-state index contributed by atoms with van der Waals surface area (Å²) in [7, 11) is 1.62. The van der Waals surface area contributed by atoms with Crippen LogP contribution >= 0.6 is 11.6 Å². The Balaban J connectivity index is 2.20. The van der Waals surface area contributed by atoms with Gasteiger partial charge in [-0.15, -0.1) is 0 Å². The van der Waals surface area contributed by atoms with E-state index in [0.29, 0.717) is 16.7 Å². The minimum Gasteiger partial charge on any atom is -0.495 e. The van der Waals surface area contributed by atoms with Crippen LogP contribution in [0, 0.1) is 5.92 Å². The first kappa shape index (κ1) is 10.8. The van der Waals surface area contributed by atoms with Crippen molar-refractivity contribution in [2.45, 2.75) is 25.3 Å². The SMILES string of the molecule is COc1cc([C@@H](N)C2CCC2)ccc1Cl. The summed E-state index contributed by atoms with van der Waals surface area (Å²) in [6.07, 6.45) is 3.79. The third-order valence-corrected chi connectivity index (χ3v) is 3.53. The van der Waals surface area contributed by atoms with Crippen molar-refractivity contribution in [3.05, 3.63) is 28.8 Å². The summed E-state index contributed by atoms with van der Waals surface area (Å²) in [5.41, 5.74) is 7.30. The van der Waals surface area contributed by atoms with Crippen LogP contribution in [0.5, 0.6) is 5.75 Å². The van der Waals surface area contributed by atoms with Crippen LogP contribution in [0.2, 0.25) is 5.02 Å². The maximum absolute atomic E-state index is 6.18. The van der Waals surface area contributed by atoms with Crippen LogP contribution in [0.4, 0.5) is 0 Å². The molecule has 0 aromatic heterocycles. The molecule has 0 aliphatic heterocycles. The summed E-state index contributed by atoms with van der Waals surface area (Å²) in [5, 5.41) is 0.641. The molecule has 1 saturated carbocycles. The fourth-order valence-electron chi connectivity index (χ4n) is 1.95. The minimum absolute atomic E-state index is 0.130. The van der Waals surface area contributed by atoms with Crippen molar-refractivity contribution >= 4 is 11.6 Å². The smallest absolute Gasteiger partial charge is 0.137 e. The van der Waals surface area contributed by atoms with E-state index in [4.69, 9.17) is 22.1 Å². The van der Waals surface area contributed by atoms with E-state index in [1.807, 2.05) is 18.2 Å². The second-order valence-electron chi connectivity index (χ2n) is 4.11. The maximum atomic E-state index is 6.18. The zero-order chi connectivity index (χ0) is 10.8. The number of halogens is 1. The molecule has 1 fully saturated rings. The average molecular weight is 226 g/mol. The van der Waals surface area contributed by atoms with E-state index in [0.717, 1.165) is 5.56 Å². The van der Waals surface area contributed by atoms with Gasteiger partial charge in [-0.3, -0.25) is 0 Å². The van der Waals surface area contributed by atoms with Gasteiger partial charge in [-0.05, 0) is 36.5 Å². The zero-order valence-electron chi connectivity index (χ0n) is 8.87. The van der Waals surface area contributed by atoms with Crippen LogP contribution in [-0.4, -0.2) is 7.11 Å². The Kier molecular flexibility index (Phi) is 3.17. The molecule has 3 heteroatoms. The van der Waals surface area contributed by atoms with Gasteiger partial charge < -0.3 is 10.5 Å². The Hall–Kier alpha value is -0.730. The molecule has 0 radical (unpaired) electrons. The summed E-state index contributed by atoms with van der Waals surface area (Å²) < 4.78 is 5.18. The largest absolute Gasteiger partial charge is 0.495 e. The van der Waals surface area contributed by atoms with E-state index in [9.17, 15) is 0 Å². The molecule has 2 N–H and O–H groups in total. The molecule has 0 saturated heterocycles. The Morgan fingerprint density at radius 1 is 1.47 bits per heavy atom. The van der Waals surface area contributed by atoms with Gasteiger partial charge >= 0.3 is 0 Å². The first-order chi connectivity index (χ1) is 7.22. The van der Waals surface area contributed by atoms with Gasteiger partial charge in [0.05, 0.1) is 12.1 Å². The third-order valence-electron chi connectivity index (χ3n) is 3.22. The molecule has 1 atom stereocenters. The van der Waals surface area contributed by atoms with Crippen molar-refractivity contribution in [1.82, 2.24) is 0 Å². The monoisotopic (exact) mass is 225 g/mol. The van der Waals surface area contributed by atoms with E-state index < -0.39 is 0 Å². The summed E-state index contributed by atoms with van der Waals surface area (Å²) in [6.45, 7) is 0. The summed E-state index contributed by atoms with van der Waals surface area (Å²) in [5.74, 6) is 1.35. The first-order valence-corrected chi connectivity index (χ1v) is 5.69. The molecule has 0 amide bonds. The maximum Gasteiger partial charge on any atom is 0.137 e. The van der Waals surface area contributed by atoms with Crippen LogP contribution in [0.15, 0.2) is 18.2 Å². The van der Waals surface area contributed by atoms with Crippen LogP contribution < -0.4 is 10.5 Å². The zero-order valence-corrected chi connectivity index (χ0v) is 9.63. The first-order valence-electron chi connectivity index (χ1n) is 5.31. The lowest BCUT2D eigenvalue weighted by Crippen LogP contribution is -2.26. The van der Waals surface area contributed by atoms with Crippen molar-refractivity contribution in [2.75, 3.05) is 7.11 Å². The quantitative estimate of drug-likeness (QED) is 0.858. The summed E-state index contributed by atoms with van der Waals surface area (Å²) >= 11 is 5.96. The summed E-state index contributed by atoms with van der Waals surface area (Å²) in [6, 6.07) is 5.93. The molecule has 2 nitrogen and oxygen atoms in total. The second kappa shape index (κ2) is 4.42. The highest BCUT2D eigenvalue weighted by Crippen LogP contribution is 2.38. The molecule has 15 heavy (non-hydrogen) atoms. The molecule has 1 aliphatic carbocycles. The topological polar surface area (TPSA) is 35.2 Å². The highest BCUT2D eigenvalue weighted by molar-refractivity contribution is 6.32. The van der Waals surface area contributed by atoms with E-state index in [1.54, 1.807) is 7.11 Å². The van der Waals surface area contributed by atoms with Gasteiger partial charge in [0.25, 0.3) is 0 Å². The fraction of sp³-hybridized carbons (Fsp3) is 0.500. The van der Waals surface area contributed by atoms with Crippen LogP contribution in [-0.2, 0) is 0 Å². The van der Waals surface area contributed by atoms with Gasteiger partial charge in [-0.1, -0.05) is 24.1 Å². The van der Waals surface area contributed by atoms with Crippen molar-refractivity contribution in [1.29, 1.82) is 0 Å². The van der Waals surface area contributed by atoms with Crippen LogP contribution in [0.3, 0.4) is 0 Å². The number of hydrogen-bond acceptors (Lipinski definition) is 2. The number of benzene rings is 1. The van der Waals surface area contributed by atoms with Gasteiger partial charge in [-0.25, -0.2) is 0 Å². The summed E-state index contributed by atoms with van der Waals surface area (Å²) in [4.78, 5) is 0. The lowest BCUT2D eigenvalue weighted by molar-refractivity contribution is 0.264. The molecule has 0 heterocycles. The van der Waals surface area contributed by atoms with Gasteiger partial charge in [-0.2, -0.15) is 0 Å². The molecule has 82 valence electrons. The van der Waals surface area contributed by atoms with E-state index >= 15 is 0 Å². The average Bonchev–Trinajstić information content (AvgIpc) is 2.15. The van der Waals surface area contributed by atoms with Crippen molar-refractivity contribution in [3.63, 3.8) is 0 Å². The highest BCUT2D eigenvalue weighted by Gasteiger charge is 2.25. The van der Waals surface area contributed by atoms with Gasteiger partial charge in [0.15, 0.2) is 0 Å². The Morgan fingerprint density at radius 2 is 2.20 bits per heavy atom. The number of nitrogens with two attached hydrogens (primary N) is 1. The van der Waals surface area contributed by atoms with E-state index in [-0.39, 0.29) is 6.04 Å². The van der Waals surface area contributed by atoms with Gasteiger partial charge in [0.2, 0.25) is 0 Å². The van der Waals surface area contributed by atoms with Gasteiger partial charge in [0, 0.05) is 6.04 Å². The third kappa shape index (κ3) is 2.11. The number of rotatable bonds is 3. The van der Waals surface area contributed by atoms with Crippen LogP contribution in [0.25, 0.3) is 0 Å². The second-order valence-corrected chi connectivity index (χ2v) is 4.52. The highest BCUT2D eigenvalue weighted by atomic mass is 35.5. The molecular formula is C12H16ClNO. The predicted molar refractivity (Wildman–Crippen MR) is 62.3 cm³/mol. The number of methoxy groups -OCH3 is 1. The number of hydrogen-bond donors (Lipinski definition) is 1.